The molecule has 0 spiro atoms. The summed E-state index contributed by atoms with van der Waals surface area (Å²) in [6, 6.07) is 8.50. The first-order valence-electron chi connectivity index (χ1n) is 7.48. The summed E-state index contributed by atoms with van der Waals surface area (Å²) in [6.45, 7) is 5.76. The average Bonchev–Trinajstić information content (AvgIpc) is 2.53. The van der Waals surface area contributed by atoms with Gasteiger partial charge in [-0.3, -0.25) is 4.79 Å². The Morgan fingerprint density at radius 1 is 1.45 bits per heavy atom. The summed E-state index contributed by atoms with van der Waals surface area (Å²) < 4.78 is 5.50. The summed E-state index contributed by atoms with van der Waals surface area (Å²) in [4.78, 5) is 14.9. The number of hydrogen-bond donors (Lipinski definition) is 1. The number of ether oxygens (including phenoxy) is 1. The molecule has 0 aromatic heterocycles. The summed E-state index contributed by atoms with van der Waals surface area (Å²) >= 11 is 0. The Labute approximate surface area is 120 Å². The number of fused-ring (bicyclic) bond motifs is 1. The minimum Gasteiger partial charge on any atom is -0.377 e. The third-order valence-electron chi connectivity index (χ3n) is 4.37. The molecule has 108 valence electrons. The van der Waals surface area contributed by atoms with E-state index in [1.165, 1.54) is 11.1 Å². The van der Waals surface area contributed by atoms with Gasteiger partial charge in [-0.05, 0) is 17.5 Å². The van der Waals surface area contributed by atoms with Crippen molar-refractivity contribution in [3.63, 3.8) is 0 Å². The third-order valence-corrected chi connectivity index (χ3v) is 4.37. The number of rotatable bonds is 2. The van der Waals surface area contributed by atoms with Crippen LogP contribution in [0.2, 0.25) is 0 Å². The maximum absolute atomic E-state index is 12.9. The van der Waals surface area contributed by atoms with Crippen molar-refractivity contribution in [1.82, 2.24) is 10.2 Å². The van der Waals surface area contributed by atoms with Crippen molar-refractivity contribution >= 4 is 5.91 Å². The molecule has 1 aromatic rings. The highest BCUT2D eigenvalue weighted by Gasteiger charge is 2.34. The zero-order valence-corrected chi connectivity index (χ0v) is 12.0. The summed E-state index contributed by atoms with van der Waals surface area (Å²) in [5, 5.41) is 3.37. The first kappa shape index (κ1) is 13.6. The van der Waals surface area contributed by atoms with Crippen LogP contribution in [-0.4, -0.2) is 43.2 Å². The van der Waals surface area contributed by atoms with Crippen molar-refractivity contribution < 1.29 is 9.53 Å². The van der Waals surface area contributed by atoms with Crippen LogP contribution in [0.25, 0.3) is 0 Å². The molecule has 20 heavy (non-hydrogen) atoms. The van der Waals surface area contributed by atoms with Gasteiger partial charge in [-0.25, -0.2) is 0 Å². The van der Waals surface area contributed by atoms with Crippen molar-refractivity contribution in [2.24, 2.45) is 0 Å². The Morgan fingerprint density at radius 2 is 2.30 bits per heavy atom. The molecule has 0 saturated carbocycles. The van der Waals surface area contributed by atoms with Crippen LogP contribution in [0.15, 0.2) is 24.3 Å². The fraction of sp³-hybridized carbons (Fsp3) is 0.562. The van der Waals surface area contributed by atoms with Crippen molar-refractivity contribution in [3.05, 3.63) is 35.4 Å². The van der Waals surface area contributed by atoms with E-state index in [1.807, 2.05) is 17.0 Å². The molecule has 0 aliphatic carbocycles. The molecule has 1 N–H and O–H groups in total. The molecule has 0 bridgehead atoms. The lowest BCUT2D eigenvalue weighted by molar-refractivity contribution is -0.141. The van der Waals surface area contributed by atoms with Gasteiger partial charge in [0, 0.05) is 19.6 Å². The van der Waals surface area contributed by atoms with E-state index in [-0.39, 0.29) is 17.9 Å². The molecule has 1 fully saturated rings. The Kier molecular flexibility index (Phi) is 4.03. The van der Waals surface area contributed by atoms with E-state index in [0.717, 1.165) is 26.1 Å². The minimum atomic E-state index is -0.0490. The van der Waals surface area contributed by atoms with Crippen LogP contribution in [0.4, 0.5) is 0 Å². The summed E-state index contributed by atoms with van der Waals surface area (Å²) in [5.74, 6) is 0.201. The second kappa shape index (κ2) is 5.94. The predicted molar refractivity (Wildman–Crippen MR) is 77.5 cm³/mol. The van der Waals surface area contributed by atoms with Gasteiger partial charge in [0.25, 0.3) is 0 Å². The smallest absolute Gasteiger partial charge is 0.231 e. The van der Waals surface area contributed by atoms with Crippen LogP contribution in [0, 0.1) is 0 Å². The number of amides is 1. The average molecular weight is 274 g/mol. The number of morpholine rings is 1. The first-order valence-corrected chi connectivity index (χ1v) is 7.48. The molecule has 2 unspecified atom stereocenters. The van der Waals surface area contributed by atoms with Crippen molar-refractivity contribution in [1.29, 1.82) is 0 Å². The highest BCUT2D eigenvalue weighted by atomic mass is 16.5. The fourth-order valence-corrected chi connectivity index (χ4v) is 3.20. The van der Waals surface area contributed by atoms with E-state index in [9.17, 15) is 4.79 Å². The molecule has 3 rings (SSSR count). The highest BCUT2D eigenvalue weighted by molar-refractivity contribution is 5.85. The number of benzene rings is 1. The lowest BCUT2D eigenvalue weighted by Crippen LogP contribution is -2.51. The van der Waals surface area contributed by atoms with Gasteiger partial charge >= 0.3 is 0 Å². The van der Waals surface area contributed by atoms with E-state index in [1.54, 1.807) is 0 Å². The van der Waals surface area contributed by atoms with Crippen molar-refractivity contribution in [2.45, 2.75) is 31.8 Å². The van der Waals surface area contributed by atoms with E-state index in [0.29, 0.717) is 13.2 Å². The SMILES string of the molecule is CCC1COCCN1C(=O)C1CNCc2ccccc21. The predicted octanol–water partition coefficient (Wildman–Crippen LogP) is 1.51. The van der Waals surface area contributed by atoms with E-state index >= 15 is 0 Å². The van der Waals surface area contributed by atoms with Gasteiger partial charge in [-0.1, -0.05) is 31.2 Å². The normalized spacial score (nSPS) is 26.1. The van der Waals surface area contributed by atoms with Crippen LogP contribution in [0.1, 0.15) is 30.4 Å². The summed E-state index contributed by atoms with van der Waals surface area (Å²) in [5.41, 5.74) is 2.44. The molecular weight excluding hydrogens is 252 g/mol. The van der Waals surface area contributed by atoms with Crippen molar-refractivity contribution in [2.75, 3.05) is 26.3 Å². The van der Waals surface area contributed by atoms with Crippen LogP contribution < -0.4 is 5.32 Å². The first-order chi connectivity index (χ1) is 9.81. The van der Waals surface area contributed by atoms with Gasteiger partial charge in [0.2, 0.25) is 5.91 Å². The number of hydrogen-bond acceptors (Lipinski definition) is 3. The van der Waals surface area contributed by atoms with E-state index in [2.05, 4.69) is 24.4 Å². The van der Waals surface area contributed by atoms with Gasteiger partial charge in [0.1, 0.15) is 0 Å². The van der Waals surface area contributed by atoms with Gasteiger partial charge in [-0.2, -0.15) is 0 Å². The fourth-order valence-electron chi connectivity index (χ4n) is 3.20. The Morgan fingerprint density at radius 3 is 3.15 bits per heavy atom. The number of nitrogens with zero attached hydrogens (tertiary/aromatic N) is 1. The molecule has 4 heteroatoms. The monoisotopic (exact) mass is 274 g/mol. The van der Waals surface area contributed by atoms with E-state index < -0.39 is 0 Å². The second-order valence-electron chi connectivity index (χ2n) is 5.55. The second-order valence-corrected chi connectivity index (χ2v) is 5.55. The summed E-state index contributed by atoms with van der Waals surface area (Å²) in [7, 11) is 0. The Hall–Kier alpha value is -1.39. The third kappa shape index (κ3) is 2.45. The van der Waals surface area contributed by atoms with Gasteiger partial charge in [0.05, 0.1) is 25.2 Å². The molecular formula is C16H22N2O2. The highest BCUT2D eigenvalue weighted by Crippen LogP contribution is 2.27. The Balaban J connectivity index is 1.84. The van der Waals surface area contributed by atoms with Gasteiger partial charge in [0.15, 0.2) is 0 Å². The topological polar surface area (TPSA) is 41.6 Å². The van der Waals surface area contributed by atoms with Crippen LogP contribution in [0.3, 0.4) is 0 Å². The minimum absolute atomic E-state index is 0.0490. The van der Waals surface area contributed by atoms with Crippen molar-refractivity contribution in [3.8, 4) is 0 Å². The zero-order chi connectivity index (χ0) is 13.9. The lowest BCUT2D eigenvalue weighted by atomic mass is 9.89. The molecule has 1 aromatic carbocycles. The van der Waals surface area contributed by atoms with Gasteiger partial charge < -0.3 is 15.0 Å². The molecule has 4 nitrogen and oxygen atoms in total. The van der Waals surface area contributed by atoms with Gasteiger partial charge in [-0.15, -0.1) is 0 Å². The lowest BCUT2D eigenvalue weighted by Gasteiger charge is -2.38. The van der Waals surface area contributed by atoms with Crippen LogP contribution in [-0.2, 0) is 16.1 Å². The number of carbonyl (C=O) groups is 1. The maximum atomic E-state index is 12.9. The number of carbonyl (C=O) groups excluding carboxylic acids is 1. The van der Waals surface area contributed by atoms with Crippen LogP contribution in [0.5, 0.6) is 0 Å². The molecule has 0 radical (unpaired) electrons. The Bertz CT molecular complexity index is 489. The largest absolute Gasteiger partial charge is 0.377 e. The standard InChI is InChI=1S/C16H22N2O2/c1-2-13-11-20-8-7-18(13)16(19)15-10-17-9-12-5-3-4-6-14(12)15/h3-6,13,15,17H,2,7-11H2,1H3. The molecule has 2 aliphatic heterocycles. The molecule has 2 heterocycles. The molecule has 1 amide bonds. The maximum Gasteiger partial charge on any atom is 0.231 e. The number of nitrogens with one attached hydrogen (secondary N) is 1. The quantitative estimate of drug-likeness (QED) is 0.889. The van der Waals surface area contributed by atoms with E-state index in [4.69, 9.17) is 4.74 Å². The zero-order valence-electron chi connectivity index (χ0n) is 12.0. The molecule has 2 atom stereocenters. The summed E-state index contributed by atoms with van der Waals surface area (Å²) in [6.07, 6.45) is 0.952. The molecule has 1 saturated heterocycles. The van der Waals surface area contributed by atoms with Crippen LogP contribution >= 0.6 is 0 Å². The molecule has 2 aliphatic rings.